The average molecular weight is 431 g/mol. The van der Waals surface area contributed by atoms with Gasteiger partial charge in [-0.1, -0.05) is 0 Å². The van der Waals surface area contributed by atoms with Gasteiger partial charge in [-0.15, -0.1) is 0 Å². The topological polar surface area (TPSA) is 97.5 Å². The van der Waals surface area contributed by atoms with Gasteiger partial charge in [0.25, 0.3) is 5.91 Å². The van der Waals surface area contributed by atoms with Crippen LogP contribution in [0.5, 0.6) is 0 Å². The summed E-state index contributed by atoms with van der Waals surface area (Å²) in [5, 5.41) is 3.11. The fraction of sp³-hybridized carbons (Fsp3) is 0.708. The van der Waals surface area contributed by atoms with Crippen molar-refractivity contribution in [3.05, 3.63) is 22.5 Å². The van der Waals surface area contributed by atoms with Crippen LogP contribution in [-0.2, 0) is 14.3 Å². The average Bonchev–Trinajstić information content (AvgIpc) is 2.99. The molecular weight excluding hydrogens is 396 g/mol. The minimum absolute atomic E-state index is 0.0805. The van der Waals surface area contributed by atoms with Crippen molar-refractivity contribution in [2.24, 2.45) is 23.2 Å². The molecule has 0 saturated heterocycles. The molecule has 1 aromatic heterocycles. The maximum atomic E-state index is 12.6. The largest absolute Gasteiger partial charge is 0.462 e. The van der Waals surface area contributed by atoms with Crippen molar-refractivity contribution in [2.75, 3.05) is 13.2 Å². The molecule has 7 nitrogen and oxygen atoms in total. The van der Waals surface area contributed by atoms with Gasteiger partial charge in [0.15, 0.2) is 6.61 Å². The summed E-state index contributed by atoms with van der Waals surface area (Å²) in [5.41, 5.74) is 1.75. The number of hydrogen-bond donors (Lipinski definition) is 2. The van der Waals surface area contributed by atoms with Crippen molar-refractivity contribution in [2.45, 2.75) is 72.3 Å². The molecule has 4 aliphatic carbocycles. The molecule has 0 unspecified atom stereocenters. The van der Waals surface area contributed by atoms with Crippen LogP contribution in [0.15, 0.2) is 0 Å². The van der Waals surface area contributed by atoms with Gasteiger partial charge in [0.1, 0.15) is 5.69 Å². The van der Waals surface area contributed by atoms with Gasteiger partial charge in [0.05, 0.1) is 12.2 Å². The smallest absolute Gasteiger partial charge is 0.355 e. The first-order valence-electron chi connectivity index (χ1n) is 11.5. The number of aryl methyl sites for hydroxylation is 1. The fourth-order valence-corrected chi connectivity index (χ4v) is 6.81. The van der Waals surface area contributed by atoms with Crippen LogP contribution in [-0.4, -0.2) is 42.1 Å². The number of ether oxygens (including phenoxy) is 2. The van der Waals surface area contributed by atoms with Crippen molar-refractivity contribution in [3.8, 4) is 0 Å². The van der Waals surface area contributed by atoms with Crippen LogP contribution in [0, 0.1) is 37.0 Å². The van der Waals surface area contributed by atoms with Gasteiger partial charge in [-0.3, -0.25) is 4.79 Å². The van der Waals surface area contributed by atoms with E-state index < -0.39 is 11.9 Å². The van der Waals surface area contributed by atoms with Gasteiger partial charge in [0.2, 0.25) is 0 Å². The predicted molar refractivity (Wildman–Crippen MR) is 115 cm³/mol. The molecule has 170 valence electrons. The van der Waals surface area contributed by atoms with Gasteiger partial charge in [-0.05, 0) is 95.0 Å². The molecule has 0 aromatic carbocycles. The monoisotopic (exact) mass is 430 g/mol. The third-order valence-electron chi connectivity index (χ3n) is 7.84. The molecule has 0 radical (unpaired) electrons. The van der Waals surface area contributed by atoms with Crippen LogP contribution in [0.3, 0.4) is 0 Å². The van der Waals surface area contributed by atoms with E-state index >= 15 is 0 Å². The zero-order valence-electron chi connectivity index (χ0n) is 19.0. The second-order valence-corrected chi connectivity index (χ2v) is 9.99. The van der Waals surface area contributed by atoms with Crippen molar-refractivity contribution in [3.63, 3.8) is 0 Å². The molecule has 5 rings (SSSR count). The quantitative estimate of drug-likeness (QED) is 0.643. The van der Waals surface area contributed by atoms with E-state index in [1.165, 1.54) is 38.5 Å². The minimum atomic E-state index is -0.645. The highest BCUT2D eigenvalue weighted by Crippen LogP contribution is 2.61. The number of rotatable bonds is 7. The van der Waals surface area contributed by atoms with E-state index in [2.05, 4.69) is 17.2 Å². The Morgan fingerprint density at radius 3 is 2.16 bits per heavy atom. The Kier molecular flexibility index (Phi) is 5.88. The lowest BCUT2D eigenvalue weighted by molar-refractivity contribution is -0.128. The molecule has 1 heterocycles. The summed E-state index contributed by atoms with van der Waals surface area (Å²) < 4.78 is 10.3. The highest BCUT2D eigenvalue weighted by molar-refractivity contribution is 5.99. The van der Waals surface area contributed by atoms with E-state index in [1.54, 1.807) is 20.8 Å². The summed E-state index contributed by atoms with van der Waals surface area (Å²) in [6, 6.07) is 0.0805. The standard InChI is InChI=1S/C24H34N2O5/c1-5-30-22(28)20-13(2)21(25-14(20)3)23(29)31-12-19(27)26-15(4)24-9-16-6-17(10-24)8-18(7-16)11-24/h15-18,25H,5-12H2,1-4H3,(H,26,27)/t15-,16?,17?,18?,24?/m0/s1. The Bertz CT molecular complexity index is 851. The van der Waals surface area contributed by atoms with Crippen molar-refractivity contribution >= 4 is 17.8 Å². The molecule has 1 aromatic rings. The first-order chi connectivity index (χ1) is 14.7. The second-order valence-electron chi connectivity index (χ2n) is 9.99. The lowest BCUT2D eigenvalue weighted by Gasteiger charge is -2.59. The molecule has 7 heteroatoms. The van der Waals surface area contributed by atoms with Gasteiger partial charge < -0.3 is 19.8 Å². The number of H-pyrrole nitrogens is 1. The number of esters is 2. The molecule has 4 saturated carbocycles. The molecule has 0 spiro atoms. The van der Waals surface area contributed by atoms with Crippen LogP contribution in [0.25, 0.3) is 0 Å². The normalized spacial score (nSPS) is 29.5. The third kappa shape index (κ3) is 4.11. The molecule has 4 aliphatic rings. The van der Waals surface area contributed by atoms with E-state index in [0.717, 1.165) is 17.8 Å². The maximum Gasteiger partial charge on any atom is 0.355 e. The Morgan fingerprint density at radius 2 is 1.61 bits per heavy atom. The van der Waals surface area contributed by atoms with E-state index in [9.17, 15) is 14.4 Å². The molecule has 2 N–H and O–H groups in total. The predicted octanol–water partition coefficient (Wildman–Crippen LogP) is 3.69. The third-order valence-corrected chi connectivity index (χ3v) is 7.84. The van der Waals surface area contributed by atoms with Gasteiger partial charge in [-0.25, -0.2) is 9.59 Å². The Balaban J connectivity index is 1.34. The minimum Gasteiger partial charge on any atom is -0.462 e. The molecule has 1 amide bonds. The molecule has 4 bridgehead atoms. The highest BCUT2D eigenvalue weighted by atomic mass is 16.5. The summed E-state index contributed by atoms with van der Waals surface area (Å²) in [6.07, 6.45) is 7.70. The van der Waals surface area contributed by atoms with Crippen LogP contribution in [0.4, 0.5) is 0 Å². The molecular formula is C24H34N2O5. The first-order valence-corrected chi connectivity index (χ1v) is 11.5. The number of carbonyl (C=O) groups is 3. The number of aromatic nitrogens is 1. The zero-order valence-corrected chi connectivity index (χ0v) is 19.0. The van der Waals surface area contributed by atoms with Crippen molar-refractivity contribution < 1.29 is 23.9 Å². The summed E-state index contributed by atoms with van der Waals surface area (Å²) in [5.74, 6) is 1.05. The highest BCUT2D eigenvalue weighted by Gasteiger charge is 2.53. The summed E-state index contributed by atoms with van der Waals surface area (Å²) in [7, 11) is 0. The van der Waals surface area contributed by atoms with Crippen LogP contribution >= 0.6 is 0 Å². The lowest BCUT2D eigenvalue weighted by atomic mass is 9.48. The van der Waals surface area contributed by atoms with Gasteiger partial charge in [0, 0.05) is 11.7 Å². The summed E-state index contributed by atoms with van der Waals surface area (Å²) in [6.45, 7) is 7.13. The SMILES string of the molecule is CCOC(=O)c1c(C)[nH]c(C(=O)OCC(=O)N[C@@H](C)C23CC4CC(CC(C4)C2)C3)c1C. The van der Waals surface area contributed by atoms with Crippen LogP contribution in [0.2, 0.25) is 0 Å². The molecule has 0 aliphatic heterocycles. The van der Waals surface area contributed by atoms with E-state index in [-0.39, 0.29) is 36.3 Å². The first kappa shape index (κ1) is 21.9. The number of amides is 1. The molecule has 1 atom stereocenters. The summed E-state index contributed by atoms with van der Waals surface area (Å²) in [4.78, 5) is 40.1. The molecule has 31 heavy (non-hydrogen) atoms. The van der Waals surface area contributed by atoms with Crippen molar-refractivity contribution in [1.29, 1.82) is 0 Å². The van der Waals surface area contributed by atoms with Crippen molar-refractivity contribution in [1.82, 2.24) is 10.3 Å². The number of carbonyl (C=O) groups excluding carboxylic acids is 3. The number of hydrogen-bond acceptors (Lipinski definition) is 5. The molecule has 4 fully saturated rings. The number of nitrogens with one attached hydrogen (secondary N) is 2. The fourth-order valence-electron chi connectivity index (χ4n) is 6.81. The Labute approximate surface area is 183 Å². The van der Waals surface area contributed by atoms with Gasteiger partial charge >= 0.3 is 11.9 Å². The van der Waals surface area contributed by atoms with Crippen LogP contribution in [0.1, 0.15) is 84.5 Å². The van der Waals surface area contributed by atoms with Gasteiger partial charge in [-0.2, -0.15) is 0 Å². The zero-order chi connectivity index (χ0) is 22.3. The Hall–Kier alpha value is -2.31. The lowest BCUT2D eigenvalue weighted by Crippen LogP contribution is -2.56. The van der Waals surface area contributed by atoms with E-state index in [1.807, 2.05) is 0 Å². The van der Waals surface area contributed by atoms with E-state index in [4.69, 9.17) is 9.47 Å². The number of aromatic amines is 1. The summed E-state index contributed by atoms with van der Waals surface area (Å²) >= 11 is 0. The van der Waals surface area contributed by atoms with E-state index in [0.29, 0.717) is 16.8 Å². The maximum absolute atomic E-state index is 12.6. The Morgan fingerprint density at radius 1 is 1.03 bits per heavy atom. The van der Waals surface area contributed by atoms with Crippen LogP contribution < -0.4 is 5.32 Å². The second kappa shape index (κ2) is 8.32.